The van der Waals surface area contributed by atoms with Gasteiger partial charge in [0.25, 0.3) is 10.0 Å². The lowest BCUT2D eigenvalue weighted by molar-refractivity contribution is -0.140. The number of allylic oxidation sites excluding steroid dienone is 2. The fourth-order valence-corrected chi connectivity index (χ4v) is 7.72. The first-order valence-electron chi connectivity index (χ1n) is 9.76. The second-order valence-electron chi connectivity index (χ2n) is 8.01. The highest BCUT2D eigenvalue weighted by Crippen LogP contribution is 2.52. The van der Waals surface area contributed by atoms with E-state index in [1.165, 1.54) is 20.5 Å². The van der Waals surface area contributed by atoms with Crippen LogP contribution in [-0.2, 0) is 19.6 Å². The summed E-state index contributed by atoms with van der Waals surface area (Å²) >= 11 is 1.24. The van der Waals surface area contributed by atoms with E-state index in [-0.39, 0.29) is 35.5 Å². The molecule has 2 saturated heterocycles. The Morgan fingerprint density at radius 1 is 0.964 bits per heavy atom. The highest BCUT2D eigenvalue weighted by molar-refractivity contribution is 7.91. The molecule has 2 aliphatic heterocycles. The van der Waals surface area contributed by atoms with Gasteiger partial charge in [0.1, 0.15) is 4.21 Å². The molecule has 9 heteroatoms. The maximum absolute atomic E-state index is 12.7. The molecule has 0 aromatic carbocycles. The predicted octanol–water partition coefficient (Wildman–Crippen LogP) is 0.862. The van der Waals surface area contributed by atoms with Crippen LogP contribution in [0.15, 0.2) is 33.9 Å². The van der Waals surface area contributed by atoms with Gasteiger partial charge in [-0.05, 0) is 29.7 Å². The van der Waals surface area contributed by atoms with Gasteiger partial charge in [0.05, 0.1) is 11.8 Å². The Hall–Kier alpha value is -1.55. The number of rotatable bonds is 5. The van der Waals surface area contributed by atoms with Crippen molar-refractivity contribution in [3.63, 3.8) is 0 Å². The van der Waals surface area contributed by atoms with Crippen LogP contribution in [0, 0.1) is 23.7 Å². The number of carbonyl (C=O) groups is 2. The molecule has 2 amide bonds. The minimum absolute atomic E-state index is 0.00856. The van der Waals surface area contributed by atoms with Crippen molar-refractivity contribution in [1.29, 1.82) is 0 Å². The molecule has 7 nitrogen and oxygen atoms in total. The Bertz CT molecular complexity index is 889. The quantitative estimate of drug-likeness (QED) is 0.521. The number of sulfonamides is 1. The third kappa shape index (κ3) is 2.79. The van der Waals surface area contributed by atoms with E-state index < -0.39 is 10.0 Å². The van der Waals surface area contributed by atoms with E-state index in [0.717, 1.165) is 6.42 Å². The molecule has 2 aliphatic carbocycles. The molecule has 0 N–H and O–H groups in total. The second kappa shape index (κ2) is 6.76. The summed E-state index contributed by atoms with van der Waals surface area (Å²) in [5.74, 6) is 0.173. The van der Waals surface area contributed by atoms with E-state index in [4.69, 9.17) is 0 Å². The summed E-state index contributed by atoms with van der Waals surface area (Å²) in [5, 5.41) is 1.77. The monoisotopic (exact) mass is 421 g/mol. The molecule has 2 bridgehead atoms. The fourth-order valence-electron chi connectivity index (χ4n) is 5.16. The summed E-state index contributed by atoms with van der Waals surface area (Å²) in [7, 11) is -3.41. The van der Waals surface area contributed by atoms with Crippen molar-refractivity contribution in [3.8, 4) is 0 Å². The van der Waals surface area contributed by atoms with Crippen LogP contribution >= 0.6 is 11.3 Å². The van der Waals surface area contributed by atoms with Crippen molar-refractivity contribution >= 4 is 33.2 Å². The third-order valence-corrected chi connectivity index (χ3v) is 9.89. The van der Waals surface area contributed by atoms with Gasteiger partial charge in [0, 0.05) is 39.3 Å². The number of likely N-dealkylation sites (tertiary alicyclic amines) is 1. The van der Waals surface area contributed by atoms with Gasteiger partial charge in [-0.2, -0.15) is 4.31 Å². The average Bonchev–Trinajstić information content (AvgIpc) is 3.47. The van der Waals surface area contributed by atoms with Crippen molar-refractivity contribution < 1.29 is 18.0 Å². The molecular formula is C19H23N3O4S2. The number of amides is 2. The highest BCUT2D eigenvalue weighted by atomic mass is 32.2. The predicted molar refractivity (Wildman–Crippen MR) is 104 cm³/mol. The number of thiophene rings is 1. The number of piperazine rings is 1. The average molecular weight is 422 g/mol. The van der Waals surface area contributed by atoms with Crippen molar-refractivity contribution in [3.05, 3.63) is 29.7 Å². The standard InChI is InChI=1S/C19H23N3O4S2/c23-18-16-13-3-4-14(12-13)17(16)19(24)22(18)10-7-20-5-8-21(9-6-20)28(25,26)15-2-1-11-27-15/h1-4,11,13-14,16-17H,5-10,12H2/t13-,14-,16+,17+/m1/s1. The van der Waals surface area contributed by atoms with E-state index in [0.29, 0.717) is 43.5 Å². The molecule has 5 rings (SSSR count). The van der Waals surface area contributed by atoms with Gasteiger partial charge < -0.3 is 0 Å². The molecule has 1 aromatic heterocycles. The molecule has 1 saturated carbocycles. The van der Waals surface area contributed by atoms with Crippen molar-refractivity contribution in [2.24, 2.45) is 23.7 Å². The van der Waals surface area contributed by atoms with Gasteiger partial charge in [-0.3, -0.25) is 19.4 Å². The zero-order chi connectivity index (χ0) is 19.5. The summed E-state index contributed by atoms with van der Waals surface area (Å²) in [6, 6.07) is 3.38. The normalized spacial score (nSPS) is 33.2. The van der Waals surface area contributed by atoms with Gasteiger partial charge in [0.15, 0.2) is 0 Å². The van der Waals surface area contributed by atoms with Crippen LogP contribution in [0.3, 0.4) is 0 Å². The Morgan fingerprint density at radius 3 is 2.18 bits per heavy atom. The van der Waals surface area contributed by atoms with E-state index >= 15 is 0 Å². The highest BCUT2D eigenvalue weighted by Gasteiger charge is 2.59. The van der Waals surface area contributed by atoms with Crippen LogP contribution < -0.4 is 0 Å². The van der Waals surface area contributed by atoms with Crippen molar-refractivity contribution in [2.75, 3.05) is 39.3 Å². The summed E-state index contributed by atoms with van der Waals surface area (Å²) in [6.45, 7) is 3.10. The minimum Gasteiger partial charge on any atom is -0.299 e. The number of carbonyl (C=O) groups excluding carboxylic acids is 2. The first-order chi connectivity index (χ1) is 13.5. The summed E-state index contributed by atoms with van der Waals surface area (Å²) in [4.78, 5) is 29.1. The smallest absolute Gasteiger partial charge is 0.252 e. The van der Waals surface area contributed by atoms with Crippen LogP contribution in [0.5, 0.6) is 0 Å². The van der Waals surface area contributed by atoms with Gasteiger partial charge >= 0.3 is 0 Å². The fraction of sp³-hybridized carbons (Fsp3) is 0.579. The SMILES string of the molecule is O=C1[C@@H]2[C@@H](C(=O)N1CCN1CCN(S(=O)(=O)c3cccs3)CC1)[C@@H]1C=C[C@@H]2C1. The second-order valence-corrected chi connectivity index (χ2v) is 11.1. The maximum Gasteiger partial charge on any atom is 0.252 e. The molecule has 0 radical (unpaired) electrons. The summed E-state index contributed by atoms with van der Waals surface area (Å²) in [6.07, 6.45) is 5.16. The molecule has 150 valence electrons. The topological polar surface area (TPSA) is 78.0 Å². The van der Waals surface area contributed by atoms with E-state index in [1.807, 2.05) is 0 Å². The Kier molecular flexibility index (Phi) is 4.46. The van der Waals surface area contributed by atoms with Crippen LogP contribution in [0.4, 0.5) is 0 Å². The Labute approximate surface area is 168 Å². The van der Waals surface area contributed by atoms with Gasteiger partial charge in [-0.25, -0.2) is 8.42 Å². The largest absolute Gasteiger partial charge is 0.299 e. The van der Waals surface area contributed by atoms with Crippen LogP contribution in [0.2, 0.25) is 0 Å². The lowest BCUT2D eigenvalue weighted by Gasteiger charge is -2.34. The molecule has 3 fully saturated rings. The zero-order valence-electron chi connectivity index (χ0n) is 15.4. The molecule has 3 heterocycles. The molecule has 4 aliphatic rings. The van der Waals surface area contributed by atoms with Gasteiger partial charge in [-0.15, -0.1) is 11.3 Å². The summed E-state index contributed by atoms with van der Waals surface area (Å²) in [5.41, 5.74) is 0. The maximum atomic E-state index is 12.7. The van der Waals surface area contributed by atoms with Crippen LogP contribution in [-0.4, -0.2) is 73.6 Å². The van der Waals surface area contributed by atoms with Crippen molar-refractivity contribution in [2.45, 2.75) is 10.6 Å². The van der Waals surface area contributed by atoms with Gasteiger partial charge in [-0.1, -0.05) is 18.2 Å². The number of imide groups is 1. The van der Waals surface area contributed by atoms with Crippen LogP contribution in [0.1, 0.15) is 6.42 Å². The molecule has 4 atom stereocenters. The molecule has 0 spiro atoms. The lowest BCUT2D eigenvalue weighted by atomic mass is 9.85. The van der Waals surface area contributed by atoms with E-state index in [1.54, 1.807) is 17.5 Å². The van der Waals surface area contributed by atoms with E-state index in [9.17, 15) is 18.0 Å². The molecule has 1 aromatic rings. The minimum atomic E-state index is -3.41. The van der Waals surface area contributed by atoms with E-state index in [2.05, 4.69) is 17.1 Å². The number of nitrogens with zero attached hydrogens (tertiary/aromatic N) is 3. The molecule has 0 unspecified atom stereocenters. The zero-order valence-corrected chi connectivity index (χ0v) is 17.1. The number of fused-ring (bicyclic) bond motifs is 5. The number of hydrogen-bond donors (Lipinski definition) is 0. The Balaban J connectivity index is 1.16. The molecule has 28 heavy (non-hydrogen) atoms. The first-order valence-corrected chi connectivity index (χ1v) is 12.1. The summed E-state index contributed by atoms with van der Waals surface area (Å²) < 4.78 is 27.1. The third-order valence-electron chi connectivity index (χ3n) is 6.62. The Morgan fingerprint density at radius 2 is 1.61 bits per heavy atom. The number of hydrogen-bond acceptors (Lipinski definition) is 6. The van der Waals surface area contributed by atoms with Crippen molar-refractivity contribution in [1.82, 2.24) is 14.1 Å². The first kappa shape index (κ1) is 18.5. The van der Waals surface area contributed by atoms with Crippen LogP contribution in [0.25, 0.3) is 0 Å². The van der Waals surface area contributed by atoms with Gasteiger partial charge in [0.2, 0.25) is 11.8 Å². The lowest BCUT2D eigenvalue weighted by Crippen LogP contribution is -2.50. The molecular weight excluding hydrogens is 398 g/mol.